The molecule has 7 nitrogen and oxygen atoms in total. The Labute approximate surface area is 128 Å². The standard InChI is InChI=1S/C10H12BrNO6S2/c1-3-5(9(13)14)12-20(16,17)7-4-6(10(15)18-2)19-8(7)11/h4-5,12H,3H2,1-2H3,(H,13,14)/t5-/m0/s1. The molecule has 0 aliphatic rings. The number of thiophene rings is 1. The highest BCUT2D eigenvalue weighted by Gasteiger charge is 2.28. The Balaban J connectivity index is 3.13. The average Bonchev–Trinajstić information content (AvgIpc) is 2.77. The molecule has 10 heteroatoms. The monoisotopic (exact) mass is 385 g/mol. The molecule has 0 aliphatic heterocycles. The number of hydrogen-bond acceptors (Lipinski definition) is 6. The van der Waals surface area contributed by atoms with E-state index in [1.807, 2.05) is 0 Å². The van der Waals surface area contributed by atoms with Crippen molar-refractivity contribution in [3.8, 4) is 0 Å². The second-order valence-corrected chi connectivity index (χ2v) is 7.71. The van der Waals surface area contributed by atoms with Crippen LogP contribution in [0.2, 0.25) is 0 Å². The fraction of sp³-hybridized carbons (Fsp3) is 0.400. The predicted octanol–water partition coefficient (Wildman–Crippen LogP) is 1.44. The Hall–Kier alpha value is -0.970. The molecule has 0 saturated heterocycles. The SMILES string of the molecule is CC[C@H](NS(=O)(=O)c1cc(C(=O)OC)sc1Br)C(=O)O. The molecule has 1 atom stereocenters. The highest BCUT2D eigenvalue weighted by Crippen LogP contribution is 2.32. The molecule has 0 saturated carbocycles. The van der Waals surface area contributed by atoms with E-state index in [4.69, 9.17) is 5.11 Å². The molecule has 0 fully saturated rings. The fourth-order valence-corrected chi connectivity index (χ4v) is 5.05. The van der Waals surface area contributed by atoms with Crippen molar-refractivity contribution in [3.63, 3.8) is 0 Å². The van der Waals surface area contributed by atoms with Crippen LogP contribution in [-0.4, -0.2) is 38.6 Å². The molecule has 0 aromatic carbocycles. The van der Waals surface area contributed by atoms with Crippen LogP contribution in [0, 0.1) is 0 Å². The fourth-order valence-electron chi connectivity index (χ4n) is 1.30. The van der Waals surface area contributed by atoms with Crippen LogP contribution in [0.5, 0.6) is 0 Å². The van der Waals surface area contributed by atoms with Gasteiger partial charge in [0.25, 0.3) is 0 Å². The molecule has 1 heterocycles. The molecule has 0 bridgehead atoms. The third-order valence-corrected chi connectivity index (χ3v) is 6.04. The molecule has 0 aliphatic carbocycles. The second-order valence-electron chi connectivity index (χ2n) is 3.66. The summed E-state index contributed by atoms with van der Waals surface area (Å²) in [6.07, 6.45) is 0.0974. The molecule has 0 radical (unpaired) electrons. The minimum Gasteiger partial charge on any atom is -0.480 e. The minimum atomic E-state index is -4.04. The second kappa shape index (κ2) is 6.66. The van der Waals surface area contributed by atoms with Crippen molar-refractivity contribution >= 4 is 49.2 Å². The smallest absolute Gasteiger partial charge is 0.348 e. The van der Waals surface area contributed by atoms with Gasteiger partial charge in [-0.1, -0.05) is 6.92 Å². The van der Waals surface area contributed by atoms with Gasteiger partial charge >= 0.3 is 11.9 Å². The summed E-state index contributed by atoms with van der Waals surface area (Å²) in [6.45, 7) is 1.55. The van der Waals surface area contributed by atoms with Gasteiger partial charge in [-0.15, -0.1) is 11.3 Å². The van der Waals surface area contributed by atoms with E-state index in [9.17, 15) is 18.0 Å². The van der Waals surface area contributed by atoms with Crippen LogP contribution in [0.25, 0.3) is 0 Å². The van der Waals surface area contributed by atoms with Crippen LogP contribution in [0.4, 0.5) is 0 Å². The number of aliphatic carboxylic acids is 1. The Bertz CT molecular complexity index is 624. The summed E-state index contributed by atoms with van der Waals surface area (Å²) in [5, 5.41) is 8.87. The van der Waals surface area contributed by atoms with Crippen molar-refractivity contribution in [2.45, 2.75) is 24.3 Å². The van der Waals surface area contributed by atoms with Crippen LogP contribution in [0.15, 0.2) is 14.7 Å². The zero-order valence-corrected chi connectivity index (χ0v) is 13.8. The number of rotatable bonds is 6. The van der Waals surface area contributed by atoms with Gasteiger partial charge in [0.05, 0.1) is 10.9 Å². The third-order valence-electron chi connectivity index (χ3n) is 2.34. The number of carboxylic acid groups (broad SMARTS) is 1. The van der Waals surface area contributed by atoms with E-state index in [1.54, 1.807) is 6.92 Å². The Kier molecular flexibility index (Phi) is 5.68. The van der Waals surface area contributed by atoms with E-state index in [-0.39, 0.29) is 20.0 Å². The highest BCUT2D eigenvalue weighted by atomic mass is 79.9. The summed E-state index contributed by atoms with van der Waals surface area (Å²) in [6, 6.07) is -0.0920. The number of esters is 1. The van der Waals surface area contributed by atoms with Crippen molar-refractivity contribution in [3.05, 3.63) is 14.7 Å². The van der Waals surface area contributed by atoms with Gasteiger partial charge in [-0.2, -0.15) is 4.72 Å². The zero-order valence-electron chi connectivity index (χ0n) is 10.5. The third kappa shape index (κ3) is 3.78. The number of carbonyl (C=O) groups excluding carboxylic acids is 1. The number of methoxy groups -OCH3 is 1. The first-order chi connectivity index (χ1) is 9.22. The summed E-state index contributed by atoms with van der Waals surface area (Å²) in [4.78, 5) is 22.1. The number of nitrogens with one attached hydrogen (secondary N) is 1. The van der Waals surface area contributed by atoms with E-state index in [0.717, 1.165) is 17.4 Å². The largest absolute Gasteiger partial charge is 0.480 e. The Morgan fingerprint density at radius 3 is 2.60 bits per heavy atom. The van der Waals surface area contributed by atoms with E-state index < -0.39 is 28.0 Å². The molecule has 0 unspecified atom stereocenters. The minimum absolute atomic E-state index is 0.0974. The maximum absolute atomic E-state index is 12.1. The van der Waals surface area contributed by atoms with Crippen LogP contribution >= 0.6 is 27.3 Å². The lowest BCUT2D eigenvalue weighted by molar-refractivity contribution is -0.139. The molecule has 0 amide bonds. The van der Waals surface area contributed by atoms with Gasteiger partial charge in [0, 0.05) is 0 Å². The maximum Gasteiger partial charge on any atom is 0.348 e. The molecule has 1 rings (SSSR count). The number of carboxylic acids is 1. The lowest BCUT2D eigenvalue weighted by Gasteiger charge is -2.12. The maximum atomic E-state index is 12.1. The van der Waals surface area contributed by atoms with Crippen molar-refractivity contribution in [2.75, 3.05) is 7.11 Å². The van der Waals surface area contributed by atoms with Crippen LogP contribution in [0.3, 0.4) is 0 Å². The average molecular weight is 386 g/mol. The molecule has 0 spiro atoms. The lowest BCUT2D eigenvalue weighted by atomic mass is 10.2. The normalized spacial score (nSPS) is 12.9. The van der Waals surface area contributed by atoms with Gasteiger partial charge in [-0.05, 0) is 28.4 Å². The molecule has 1 aromatic heterocycles. The first kappa shape index (κ1) is 17.1. The van der Waals surface area contributed by atoms with Crippen molar-refractivity contribution in [1.29, 1.82) is 0 Å². The number of carbonyl (C=O) groups is 2. The molecular weight excluding hydrogens is 374 g/mol. The Morgan fingerprint density at radius 1 is 1.55 bits per heavy atom. The van der Waals surface area contributed by atoms with Gasteiger partial charge in [0.2, 0.25) is 10.0 Å². The predicted molar refractivity (Wildman–Crippen MR) is 75.4 cm³/mol. The van der Waals surface area contributed by atoms with Crippen molar-refractivity contribution < 1.29 is 27.9 Å². The number of halogens is 1. The molecule has 1 aromatic rings. The van der Waals surface area contributed by atoms with E-state index in [0.29, 0.717) is 0 Å². The quantitative estimate of drug-likeness (QED) is 0.716. The van der Waals surface area contributed by atoms with Crippen molar-refractivity contribution in [2.24, 2.45) is 0 Å². The van der Waals surface area contributed by atoms with Crippen LogP contribution in [0.1, 0.15) is 23.0 Å². The van der Waals surface area contributed by atoms with Crippen LogP contribution < -0.4 is 4.72 Å². The molecular formula is C10H12BrNO6S2. The number of hydrogen-bond donors (Lipinski definition) is 2. The molecule has 112 valence electrons. The molecule has 20 heavy (non-hydrogen) atoms. The summed E-state index contributed by atoms with van der Waals surface area (Å²) in [5.74, 6) is -1.93. The first-order valence-corrected chi connectivity index (χ1v) is 8.45. The van der Waals surface area contributed by atoms with Gasteiger partial charge < -0.3 is 9.84 Å². The summed E-state index contributed by atoms with van der Waals surface area (Å²) < 4.78 is 31.0. The summed E-state index contributed by atoms with van der Waals surface area (Å²) >= 11 is 3.94. The lowest BCUT2D eigenvalue weighted by Crippen LogP contribution is -2.40. The van der Waals surface area contributed by atoms with Crippen molar-refractivity contribution in [1.82, 2.24) is 4.72 Å². The first-order valence-electron chi connectivity index (χ1n) is 5.35. The van der Waals surface area contributed by atoms with Gasteiger partial charge in [-0.3, -0.25) is 4.79 Å². The van der Waals surface area contributed by atoms with Gasteiger partial charge in [0.1, 0.15) is 15.8 Å². The van der Waals surface area contributed by atoms with E-state index in [1.165, 1.54) is 7.11 Å². The Morgan fingerprint density at radius 2 is 2.15 bits per heavy atom. The van der Waals surface area contributed by atoms with Crippen LogP contribution in [-0.2, 0) is 19.6 Å². The number of ether oxygens (including phenoxy) is 1. The van der Waals surface area contributed by atoms with E-state index >= 15 is 0 Å². The number of sulfonamides is 1. The summed E-state index contributed by atoms with van der Waals surface area (Å²) in [7, 11) is -2.86. The molecule has 2 N–H and O–H groups in total. The zero-order chi connectivity index (χ0) is 15.5. The van der Waals surface area contributed by atoms with Gasteiger partial charge in [0.15, 0.2) is 0 Å². The highest BCUT2D eigenvalue weighted by molar-refractivity contribution is 9.11. The topological polar surface area (TPSA) is 110 Å². The van der Waals surface area contributed by atoms with E-state index in [2.05, 4.69) is 25.4 Å². The summed E-state index contributed by atoms with van der Waals surface area (Å²) in [5.41, 5.74) is 0. The van der Waals surface area contributed by atoms with Gasteiger partial charge in [-0.25, -0.2) is 13.2 Å².